The first-order valence-corrected chi connectivity index (χ1v) is 12.9. The van der Waals surface area contributed by atoms with Gasteiger partial charge in [-0.15, -0.1) is 11.3 Å². The smallest absolute Gasteiger partial charge is 0.323 e. The Morgan fingerprint density at radius 2 is 1.77 bits per heavy atom. The molecule has 5 rings (SSSR count). The highest BCUT2D eigenvalue weighted by Gasteiger charge is 2.14. The predicted octanol–water partition coefficient (Wildman–Crippen LogP) is 5.67. The molecule has 0 saturated carbocycles. The highest BCUT2D eigenvalue weighted by molar-refractivity contribution is 7.18. The number of nitrogens with two attached hydrogens (primary N) is 1. The summed E-state index contributed by atoms with van der Waals surface area (Å²) in [6.07, 6.45) is 4.79. The molecule has 3 aromatic heterocycles. The maximum atomic E-state index is 12.4. The zero-order valence-electron chi connectivity index (χ0n) is 21.0. The van der Waals surface area contributed by atoms with Crippen molar-refractivity contribution < 1.29 is 9.59 Å². The number of nitrogen functional groups attached to an aromatic ring is 1. The molecule has 0 spiro atoms. The first-order valence-electron chi connectivity index (χ1n) is 12.1. The quantitative estimate of drug-likeness (QED) is 0.217. The minimum absolute atomic E-state index is 0.192. The molecule has 0 fully saturated rings. The van der Waals surface area contributed by atoms with Gasteiger partial charge in [0.1, 0.15) is 5.82 Å². The van der Waals surface area contributed by atoms with Crippen LogP contribution >= 0.6 is 11.3 Å². The standard InChI is InChI=1S/C30H24N6O2S/c1-19-4-2-6-24(16-19)36-30(38)35-23-9-7-20(8-10-23)25-18-39-27-22(17-34-28(31)26(25)27)5-3-13-33-29(37)21-11-14-32-15-12-21/h2,4,6-12,14-18H,13H2,1H3,(H2,31,34)(H,33,37)(H2,35,36,38). The monoisotopic (exact) mass is 532 g/mol. The minimum atomic E-state index is -0.317. The van der Waals surface area contributed by atoms with Crippen LogP contribution in [0.15, 0.2) is 84.6 Å². The molecule has 5 aromatic rings. The molecule has 39 heavy (non-hydrogen) atoms. The molecule has 0 aliphatic rings. The van der Waals surface area contributed by atoms with Crippen LogP contribution in [0, 0.1) is 18.8 Å². The van der Waals surface area contributed by atoms with Crippen LogP contribution in [0.25, 0.3) is 21.2 Å². The average Bonchev–Trinajstić information content (AvgIpc) is 3.39. The number of carbonyl (C=O) groups excluding carboxylic acids is 2. The van der Waals surface area contributed by atoms with Crippen molar-refractivity contribution in [3.8, 4) is 23.0 Å². The zero-order chi connectivity index (χ0) is 27.2. The van der Waals surface area contributed by atoms with E-state index in [1.807, 2.05) is 60.8 Å². The Morgan fingerprint density at radius 3 is 2.54 bits per heavy atom. The molecule has 0 aliphatic carbocycles. The summed E-state index contributed by atoms with van der Waals surface area (Å²) in [5, 5.41) is 11.3. The van der Waals surface area contributed by atoms with Gasteiger partial charge in [0.25, 0.3) is 5.91 Å². The maximum Gasteiger partial charge on any atom is 0.323 e. The van der Waals surface area contributed by atoms with E-state index >= 15 is 0 Å². The average molecular weight is 533 g/mol. The van der Waals surface area contributed by atoms with Crippen molar-refractivity contribution >= 4 is 50.6 Å². The molecule has 0 unspecified atom stereocenters. The lowest BCUT2D eigenvalue weighted by molar-refractivity contribution is 0.0958. The van der Waals surface area contributed by atoms with E-state index in [-0.39, 0.29) is 18.5 Å². The highest BCUT2D eigenvalue weighted by Crippen LogP contribution is 2.38. The van der Waals surface area contributed by atoms with Crippen LogP contribution in [0.2, 0.25) is 0 Å². The Kier molecular flexibility index (Phi) is 7.48. The molecule has 0 aliphatic heterocycles. The van der Waals surface area contributed by atoms with Gasteiger partial charge in [0.15, 0.2) is 0 Å². The molecule has 192 valence electrons. The van der Waals surface area contributed by atoms with Gasteiger partial charge in [-0.05, 0) is 59.8 Å². The van der Waals surface area contributed by atoms with Gasteiger partial charge in [-0.25, -0.2) is 9.78 Å². The molecular weight excluding hydrogens is 508 g/mol. The number of urea groups is 1. The van der Waals surface area contributed by atoms with Gasteiger partial charge in [0, 0.05) is 46.5 Å². The van der Waals surface area contributed by atoms with Crippen LogP contribution in [0.3, 0.4) is 0 Å². The molecule has 3 heterocycles. The number of anilines is 3. The van der Waals surface area contributed by atoms with Crippen LogP contribution < -0.4 is 21.7 Å². The lowest BCUT2D eigenvalue weighted by Gasteiger charge is -2.09. The number of pyridine rings is 2. The molecule has 3 amide bonds. The second kappa shape index (κ2) is 11.5. The van der Waals surface area contributed by atoms with Crippen molar-refractivity contribution in [1.29, 1.82) is 0 Å². The van der Waals surface area contributed by atoms with Crippen LogP contribution in [-0.2, 0) is 0 Å². The van der Waals surface area contributed by atoms with E-state index in [0.717, 1.165) is 38.0 Å². The summed E-state index contributed by atoms with van der Waals surface area (Å²) >= 11 is 1.53. The number of aryl methyl sites for hydroxylation is 1. The van der Waals surface area contributed by atoms with Gasteiger partial charge in [-0.3, -0.25) is 9.78 Å². The molecule has 8 nitrogen and oxygen atoms in total. The lowest BCUT2D eigenvalue weighted by atomic mass is 10.0. The minimum Gasteiger partial charge on any atom is -0.383 e. The van der Waals surface area contributed by atoms with E-state index in [0.29, 0.717) is 17.1 Å². The van der Waals surface area contributed by atoms with Gasteiger partial charge >= 0.3 is 6.03 Å². The Hall–Kier alpha value is -5.20. The first kappa shape index (κ1) is 25.4. The van der Waals surface area contributed by atoms with Gasteiger partial charge < -0.3 is 21.7 Å². The number of thiophene rings is 1. The Bertz CT molecular complexity index is 1720. The summed E-state index contributed by atoms with van der Waals surface area (Å²) < 4.78 is 0.921. The number of nitrogens with one attached hydrogen (secondary N) is 3. The van der Waals surface area contributed by atoms with Gasteiger partial charge in [0.2, 0.25) is 0 Å². The van der Waals surface area contributed by atoms with Crippen LogP contribution in [-0.4, -0.2) is 28.5 Å². The highest BCUT2D eigenvalue weighted by atomic mass is 32.1. The Balaban J connectivity index is 1.29. The normalized spacial score (nSPS) is 10.4. The van der Waals surface area contributed by atoms with E-state index in [9.17, 15) is 9.59 Å². The van der Waals surface area contributed by atoms with Crippen molar-refractivity contribution in [3.63, 3.8) is 0 Å². The summed E-state index contributed by atoms with van der Waals surface area (Å²) in [6, 6.07) is 18.1. The number of amides is 3. The molecule has 5 N–H and O–H groups in total. The van der Waals surface area contributed by atoms with Crippen molar-refractivity contribution in [3.05, 3.63) is 101 Å². The molecule has 2 aromatic carbocycles. The number of rotatable bonds is 5. The van der Waals surface area contributed by atoms with E-state index < -0.39 is 0 Å². The number of hydrogen-bond donors (Lipinski definition) is 4. The fourth-order valence-electron chi connectivity index (χ4n) is 3.99. The van der Waals surface area contributed by atoms with Crippen LogP contribution in [0.1, 0.15) is 21.5 Å². The van der Waals surface area contributed by atoms with Crippen molar-refractivity contribution in [2.45, 2.75) is 6.92 Å². The largest absolute Gasteiger partial charge is 0.383 e. The molecule has 0 bridgehead atoms. The van der Waals surface area contributed by atoms with Crippen molar-refractivity contribution in [2.24, 2.45) is 0 Å². The number of aromatic nitrogens is 2. The van der Waals surface area contributed by atoms with Gasteiger partial charge in [-0.1, -0.05) is 36.1 Å². The molecule has 0 atom stereocenters. The SMILES string of the molecule is Cc1cccc(NC(=O)Nc2ccc(-c3csc4c(C#CCNC(=O)c5ccncc5)cnc(N)c34)cc2)c1. The zero-order valence-corrected chi connectivity index (χ0v) is 21.8. The Labute approximate surface area is 229 Å². The van der Waals surface area contributed by atoms with E-state index in [2.05, 4.69) is 37.8 Å². The fraction of sp³-hybridized carbons (Fsp3) is 0.0667. The fourth-order valence-corrected chi connectivity index (χ4v) is 5.04. The van der Waals surface area contributed by atoms with E-state index in [1.54, 1.807) is 30.7 Å². The molecular formula is C30H24N6O2S. The predicted molar refractivity (Wildman–Crippen MR) is 157 cm³/mol. The third-order valence-electron chi connectivity index (χ3n) is 5.86. The maximum absolute atomic E-state index is 12.4. The first-order chi connectivity index (χ1) is 19.0. The van der Waals surface area contributed by atoms with Crippen molar-refractivity contribution in [2.75, 3.05) is 22.9 Å². The van der Waals surface area contributed by atoms with Gasteiger partial charge in [-0.2, -0.15) is 0 Å². The summed E-state index contributed by atoms with van der Waals surface area (Å²) in [6.45, 7) is 2.16. The Morgan fingerprint density at radius 1 is 1.00 bits per heavy atom. The van der Waals surface area contributed by atoms with Crippen LogP contribution in [0.5, 0.6) is 0 Å². The van der Waals surface area contributed by atoms with E-state index in [1.165, 1.54) is 11.3 Å². The third-order valence-corrected chi connectivity index (χ3v) is 6.87. The molecule has 0 saturated heterocycles. The van der Waals surface area contributed by atoms with Crippen LogP contribution in [0.4, 0.5) is 22.0 Å². The second-order valence-electron chi connectivity index (χ2n) is 8.66. The molecule has 0 radical (unpaired) electrons. The number of fused-ring (bicyclic) bond motifs is 1. The summed E-state index contributed by atoms with van der Waals surface area (Å²) in [5.41, 5.74) is 11.9. The molecule has 9 heteroatoms. The third kappa shape index (κ3) is 6.04. The van der Waals surface area contributed by atoms with Crippen molar-refractivity contribution in [1.82, 2.24) is 15.3 Å². The number of carbonyl (C=O) groups is 2. The summed E-state index contributed by atoms with van der Waals surface area (Å²) in [7, 11) is 0. The summed E-state index contributed by atoms with van der Waals surface area (Å²) in [4.78, 5) is 32.9. The summed E-state index contributed by atoms with van der Waals surface area (Å²) in [5.74, 6) is 6.30. The number of nitrogens with zero attached hydrogens (tertiary/aromatic N) is 2. The van der Waals surface area contributed by atoms with E-state index in [4.69, 9.17) is 5.73 Å². The lowest BCUT2D eigenvalue weighted by Crippen LogP contribution is -2.23. The van der Waals surface area contributed by atoms with Gasteiger partial charge in [0.05, 0.1) is 16.8 Å². The second-order valence-corrected chi connectivity index (χ2v) is 9.54. The number of benzene rings is 2. The number of hydrogen-bond acceptors (Lipinski definition) is 6. The topological polar surface area (TPSA) is 122 Å².